The van der Waals surface area contributed by atoms with Crippen molar-refractivity contribution < 1.29 is 43.8 Å². The minimum absolute atomic E-state index is 0.108. The number of aliphatic hydroxyl groups excluding tert-OH is 2. The SMILES string of the molecule is CCC1OC(=O)[C@H](C)[C@@H](O)[C@@H](C)[C@@H](O[C@@H]2O[C@H](C)C[C@H](N(C)C)[C@H]2O)[C@](C)(O)C[C@@H](C)[C@@H]2OC(c3c(C)cc(C)cc3C)O[C@@H](C2C)[C@H]1C. The van der Waals surface area contributed by atoms with E-state index >= 15 is 0 Å². The quantitative estimate of drug-likeness (QED) is 0.354. The van der Waals surface area contributed by atoms with Crippen molar-refractivity contribution in [2.75, 3.05) is 14.1 Å². The van der Waals surface area contributed by atoms with Crippen LogP contribution in [0.4, 0.5) is 0 Å². The highest BCUT2D eigenvalue weighted by Gasteiger charge is 2.51. The van der Waals surface area contributed by atoms with Gasteiger partial charge in [-0.25, -0.2) is 0 Å². The topological polar surface area (TPSA) is 127 Å². The van der Waals surface area contributed by atoms with Gasteiger partial charge < -0.3 is 43.9 Å². The highest BCUT2D eigenvalue weighted by atomic mass is 16.7. The molecule has 49 heavy (non-hydrogen) atoms. The molecule has 3 aliphatic heterocycles. The Balaban J connectivity index is 1.79. The molecule has 3 heterocycles. The Bertz CT molecular complexity index is 1250. The fraction of sp³-hybridized carbons (Fsp3) is 0.821. The van der Waals surface area contributed by atoms with Crippen LogP contribution in [-0.4, -0.2) is 101 Å². The van der Waals surface area contributed by atoms with E-state index in [1.54, 1.807) is 20.8 Å². The maximum atomic E-state index is 13.7. The van der Waals surface area contributed by atoms with Gasteiger partial charge in [-0.1, -0.05) is 52.3 Å². The molecule has 4 rings (SSSR count). The zero-order chi connectivity index (χ0) is 36.7. The summed E-state index contributed by atoms with van der Waals surface area (Å²) in [5.41, 5.74) is 2.79. The van der Waals surface area contributed by atoms with Crippen LogP contribution in [0.3, 0.4) is 0 Å². The molecule has 10 heteroatoms. The molecule has 280 valence electrons. The summed E-state index contributed by atoms with van der Waals surface area (Å²) in [7, 11) is 3.81. The van der Waals surface area contributed by atoms with Crippen LogP contribution in [0.2, 0.25) is 0 Å². The van der Waals surface area contributed by atoms with Crippen LogP contribution in [0.5, 0.6) is 0 Å². The van der Waals surface area contributed by atoms with Gasteiger partial charge in [0.2, 0.25) is 0 Å². The summed E-state index contributed by atoms with van der Waals surface area (Å²) in [5.74, 6) is -2.62. The third kappa shape index (κ3) is 8.54. The summed E-state index contributed by atoms with van der Waals surface area (Å²) in [6.45, 7) is 21.5. The van der Waals surface area contributed by atoms with E-state index in [0.717, 1.165) is 22.3 Å². The Kier molecular flexibility index (Phi) is 13.1. The van der Waals surface area contributed by atoms with Gasteiger partial charge in [0, 0.05) is 29.4 Å². The average molecular weight is 692 g/mol. The zero-order valence-electron chi connectivity index (χ0n) is 32.2. The molecule has 3 saturated heterocycles. The van der Waals surface area contributed by atoms with E-state index in [4.69, 9.17) is 23.7 Å². The standard InChI is InChI=1S/C39H65NO9/c1-14-29-24(7)34-27(10)33(47-37(48-34)30-20(3)15-19(2)16-21(30)4)22(5)18-39(11,44)35(25(8)31(41)26(9)36(43)46-29)49-38-32(42)28(40(12)13)17-23(6)45-38/h15-16,22-29,31-35,37-38,41-42,44H,14,17-18H2,1-13H3/t22-,23-,24+,25-,26-,27?,28+,29?,31+,32-,33+,34-,35-,37?,38+,39-/m1/s1. The Morgan fingerprint density at radius 2 is 1.49 bits per heavy atom. The van der Waals surface area contributed by atoms with Crippen molar-refractivity contribution in [3.63, 3.8) is 0 Å². The predicted octanol–water partition coefficient (Wildman–Crippen LogP) is 5.22. The van der Waals surface area contributed by atoms with E-state index in [0.29, 0.717) is 12.8 Å². The molecular formula is C39H65NO9. The van der Waals surface area contributed by atoms with Crippen molar-refractivity contribution in [1.29, 1.82) is 0 Å². The number of hydrogen-bond acceptors (Lipinski definition) is 10. The number of aliphatic hydroxyl groups is 3. The van der Waals surface area contributed by atoms with Gasteiger partial charge in [0.15, 0.2) is 12.6 Å². The number of nitrogens with zero attached hydrogens (tertiary/aromatic N) is 1. The Hall–Kier alpha value is -1.63. The van der Waals surface area contributed by atoms with E-state index in [9.17, 15) is 20.1 Å². The molecule has 0 aromatic heterocycles. The summed E-state index contributed by atoms with van der Waals surface area (Å²) >= 11 is 0. The van der Waals surface area contributed by atoms with E-state index < -0.39 is 60.4 Å². The first-order valence-corrected chi connectivity index (χ1v) is 18.4. The number of esters is 1. The lowest BCUT2D eigenvalue weighted by Gasteiger charge is -2.49. The molecule has 1 aromatic rings. The van der Waals surface area contributed by atoms with Gasteiger partial charge in [-0.15, -0.1) is 0 Å². The summed E-state index contributed by atoms with van der Waals surface area (Å²) in [6.07, 6.45) is -4.77. The number of fused-ring (bicyclic) bond motifs is 2. The summed E-state index contributed by atoms with van der Waals surface area (Å²) in [5, 5.41) is 35.5. The smallest absolute Gasteiger partial charge is 0.311 e. The van der Waals surface area contributed by atoms with Gasteiger partial charge >= 0.3 is 5.97 Å². The van der Waals surface area contributed by atoms with Crippen LogP contribution < -0.4 is 0 Å². The highest BCUT2D eigenvalue weighted by molar-refractivity contribution is 5.73. The Morgan fingerprint density at radius 3 is 2.06 bits per heavy atom. The van der Waals surface area contributed by atoms with E-state index in [1.165, 1.54) is 0 Å². The molecule has 3 aliphatic rings. The molecule has 0 aliphatic carbocycles. The van der Waals surface area contributed by atoms with Crippen molar-refractivity contribution in [3.8, 4) is 0 Å². The molecule has 0 radical (unpaired) electrons. The third-order valence-corrected chi connectivity index (χ3v) is 11.7. The normalized spacial score (nSPS) is 44.3. The number of ether oxygens (including phenoxy) is 5. The second-order valence-corrected chi connectivity index (χ2v) is 16.3. The number of rotatable bonds is 5. The molecule has 3 unspecified atom stereocenters. The molecular weight excluding hydrogens is 626 g/mol. The Morgan fingerprint density at radius 1 is 0.898 bits per heavy atom. The lowest BCUT2D eigenvalue weighted by atomic mass is 9.73. The van der Waals surface area contributed by atoms with Gasteiger partial charge in [-0.3, -0.25) is 4.79 Å². The van der Waals surface area contributed by atoms with Crippen LogP contribution in [0.1, 0.15) is 103 Å². The van der Waals surface area contributed by atoms with Gasteiger partial charge in [-0.05, 0) is 91.9 Å². The average Bonchev–Trinajstić information content (AvgIpc) is 3.01. The van der Waals surface area contributed by atoms with Crippen LogP contribution in [0.15, 0.2) is 12.1 Å². The number of cyclic esters (lactones) is 1. The van der Waals surface area contributed by atoms with Crippen molar-refractivity contribution in [2.45, 2.75) is 162 Å². The second kappa shape index (κ2) is 15.9. The van der Waals surface area contributed by atoms with E-state index in [2.05, 4.69) is 53.7 Å². The molecule has 2 bridgehead atoms. The summed E-state index contributed by atoms with van der Waals surface area (Å²) < 4.78 is 32.6. The molecule has 0 spiro atoms. The first-order chi connectivity index (χ1) is 22.8. The lowest BCUT2D eigenvalue weighted by molar-refractivity contribution is -0.309. The summed E-state index contributed by atoms with van der Waals surface area (Å²) in [4.78, 5) is 15.7. The van der Waals surface area contributed by atoms with Crippen molar-refractivity contribution in [3.05, 3.63) is 34.4 Å². The molecule has 10 nitrogen and oxygen atoms in total. The van der Waals surface area contributed by atoms with Gasteiger partial charge in [0.1, 0.15) is 12.2 Å². The molecule has 3 N–H and O–H groups in total. The molecule has 0 saturated carbocycles. The van der Waals surface area contributed by atoms with Crippen molar-refractivity contribution in [1.82, 2.24) is 4.90 Å². The number of carbonyl (C=O) groups is 1. The largest absolute Gasteiger partial charge is 0.462 e. The maximum absolute atomic E-state index is 13.7. The third-order valence-electron chi connectivity index (χ3n) is 11.7. The monoisotopic (exact) mass is 691 g/mol. The van der Waals surface area contributed by atoms with Crippen LogP contribution in [0.25, 0.3) is 0 Å². The molecule has 16 atom stereocenters. The van der Waals surface area contributed by atoms with Crippen LogP contribution >= 0.6 is 0 Å². The van der Waals surface area contributed by atoms with Gasteiger partial charge in [0.05, 0.1) is 42.0 Å². The zero-order valence-corrected chi connectivity index (χ0v) is 32.2. The lowest BCUT2D eigenvalue weighted by Crippen LogP contribution is -2.59. The predicted molar refractivity (Wildman–Crippen MR) is 188 cm³/mol. The number of hydrogen-bond donors (Lipinski definition) is 3. The van der Waals surface area contributed by atoms with Crippen molar-refractivity contribution >= 4 is 5.97 Å². The fourth-order valence-electron chi connectivity index (χ4n) is 9.03. The minimum Gasteiger partial charge on any atom is -0.462 e. The molecule has 1 aromatic carbocycles. The first-order valence-electron chi connectivity index (χ1n) is 18.4. The number of carbonyl (C=O) groups excluding carboxylic acids is 1. The number of aryl methyl sites for hydroxylation is 3. The highest BCUT2D eigenvalue weighted by Crippen LogP contribution is 2.45. The number of likely N-dealkylation sites (N-methyl/N-ethyl adjacent to an activating group) is 1. The summed E-state index contributed by atoms with van der Waals surface area (Å²) in [6, 6.07) is 4.05. The Labute approximate surface area is 294 Å². The molecule has 0 amide bonds. The fourth-order valence-corrected chi connectivity index (χ4v) is 9.03. The first kappa shape index (κ1) is 40.1. The van der Waals surface area contributed by atoms with Crippen LogP contribution in [0, 0.1) is 50.4 Å². The number of benzene rings is 1. The van der Waals surface area contributed by atoms with Crippen molar-refractivity contribution in [2.24, 2.45) is 29.6 Å². The minimum atomic E-state index is -1.52. The van der Waals surface area contributed by atoms with Crippen LogP contribution in [-0.2, 0) is 28.5 Å². The molecule has 3 fully saturated rings. The maximum Gasteiger partial charge on any atom is 0.311 e. The second-order valence-electron chi connectivity index (χ2n) is 16.3. The van der Waals surface area contributed by atoms with Gasteiger partial charge in [-0.2, -0.15) is 0 Å². The van der Waals surface area contributed by atoms with E-state index in [1.807, 2.05) is 32.8 Å². The van der Waals surface area contributed by atoms with E-state index in [-0.39, 0.29) is 48.5 Å². The van der Waals surface area contributed by atoms with Gasteiger partial charge in [0.25, 0.3) is 0 Å².